The first-order valence-corrected chi connectivity index (χ1v) is 21.5. The van der Waals surface area contributed by atoms with E-state index >= 15 is 0 Å². The summed E-state index contributed by atoms with van der Waals surface area (Å²) in [7, 11) is 0. The summed E-state index contributed by atoms with van der Waals surface area (Å²) in [5, 5.41) is 6.33. The number of hydrogen-bond donors (Lipinski definition) is 3. The van der Waals surface area contributed by atoms with Crippen molar-refractivity contribution in [1.29, 1.82) is 0 Å². The number of hydrogen-bond acceptors (Lipinski definition) is 9. The normalized spacial score (nSPS) is 20.4. The van der Waals surface area contributed by atoms with Crippen LogP contribution in [0, 0.1) is 6.57 Å². The zero-order chi connectivity index (χ0) is 42.7. The Labute approximate surface area is 354 Å². The fourth-order valence-corrected chi connectivity index (χ4v) is 10.2. The van der Waals surface area contributed by atoms with Crippen LogP contribution in [0.4, 0.5) is 17.1 Å². The maximum absolute atomic E-state index is 14.1. The number of aromatic amines is 1. The van der Waals surface area contributed by atoms with Crippen LogP contribution in [0.1, 0.15) is 113 Å². The summed E-state index contributed by atoms with van der Waals surface area (Å²) in [4.78, 5) is 93.2. The lowest BCUT2D eigenvalue weighted by Gasteiger charge is -2.44. The largest absolute Gasteiger partial charge is 0.384 e. The lowest BCUT2D eigenvalue weighted by atomic mass is 9.70. The average Bonchev–Trinajstić information content (AvgIpc) is 3.79. The molecule has 9 rings (SSSR count). The predicted octanol–water partition coefficient (Wildman–Crippen LogP) is 5.56. The van der Waals surface area contributed by atoms with Crippen molar-refractivity contribution in [3.63, 3.8) is 0 Å². The highest BCUT2D eigenvalue weighted by molar-refractivity contribution is 6.25. The number of carbonyl (C=O) groups excluding carboxylic acids is 6. The molecular formula is C47H50N8O6. The summed E-state index contributed by atoms with van der Waals surface area (Å²) in [6.45, 7) is 19.2. The second-order valence-electron chi connectivity index (χ2n) is 17.4. The molecule has 3 N–H and O–H groups in total. The van der Waals surface area contributed by atoms with E-state index in [-0.39, 0.29) is 35.7 Å². The zero-order valence-corrected chi connectivity index (χ0v) is 34.9. The molecule has 14 nitrogen and oxygen atoms in total. The lowest BCUT2D eigenvalue weighted by Crippen LogP contribution is -2.54. The van der Waals surface area contributed by atoms with E-state index in [2.05, 4.69) is 63.2 Å². The molecule has 3 saturated heterocycles. The Bertz CT molecular complexity index is 2570. The summed E-state index contributed by atoms with van der Waals surface area (Å²) < 4.78 is 0. The van der Waals surface area contributed by atoms with Gasteiger partial charge in [-0.3, -0.25) is 43.9 Å². The molecule has 14 heteroatoms. The van der Waals surface area contributed by atoms with Crippen LogP contribution in [0.25, 0.3) is 15.7 Å². The van der Waals surface area contributed by atoms with Crippen LogP contribution in [0.5, 0.6) is 0 Å². The summed E-state index contributed by atoms with van der Waals surface area (Å²) in [6, 6.07) is 14.3. The Morgan fingerprint density at radius 2 is 1.67 bits per heavy atom. The van der Waals surface area contributed by atoms with Crippen LogP contribution in [0.15, 0.2) is 48.5 Å². The standard InChI is InChI=1S/C47H50N8O6/c1-5-27-24-32-33(47(2,3)43-41(42(32)58)30-12-11-28(48-4)25-35(30)50-43)26-37(27)53-18-15-29(16-19-53)52-20-22-54(23-21-52)39(57)10-7-17-49-34-9-6-8-31-40(34)46(61)55(45(31)60)36-13-14-38(56)51-44(36)59/h6,8-9,11-12,24-26,29,36,49-50H,5,7,10,13-23H2,1-3H3,(H,51,56,59). The molecule has 3 aromatic carbocycles. The van der Waals surface area contributed by atoms with E-state index in [1.807, 2.05) is 17.0 Å². The fourth-order valence-electron chi connectivity index (χ4n) is 10.2. The zero-order valence-electron chi connectivity index (χ0n) is 34.9. The molecule has 0 radical (unpaired) electrons. The second-order valence-corrected chi connectivity index (χ2v) is 17.4. The van der Waals surface area contributed by atoms with Crippen molar-refractivity contribution in [1.82, 2.24) is 25.0 Å². The summed E-state index contributed by atoms with van der Waals surface area (Å²) in [5.74, 6) is -2.05. The monoisotopic (exact) mass is 822 g/mol. The Hall–Kier alpha value is -6.33. The maximum Gasteiger partial charge on any atom is 0.264 e. The third-order valence-electron chi connectivity index (χ3n) is 13.6. The van der Waals surface area contributed by atoms with Gasteiger partial charge in [-0.2, -0.15) is 0 Å². The Morgan fingerprint density at radius 1 is 0.902 bits per heavy atom. The van der Waals surface area contributed by atoms with E-state index in [0.717, 1.165) is 78.1 Å². The summed E-state index contributed by atoms with van der Waals surface area (Å²) in [5.41, 5.74) is 7.62. The number of fused-ring (bicyclic) bond motifs is 5. The van der Waals surface area contributed by atoms with Crippen LogP contribution in [-0.4, -0.2) is 113 Å². The number of anilines is 2. The number of nitrogens with one attached hydrogen (secondary N) is 3. The van der Waals surface area contributed by atoms with Crippen molar-refractivity contribution < 1.29 is 28.8 Å². The topological polar surface area (TPSA) is 160 Å². The van der Waals surface area contributed by atoms with Gasteiger partial charge in [-0.15, -0.1) is 0 Å². The molecule has 5 amide bonds. The third kappa shape index (κ3) is 6.85. The highest BCUT2D eigenvalue weighted by Gasteiger charge is 2.46. The number of rotatable bonds is 9. The van der Waals surface area contributed by atoms with Crippen molar-refractivity contribution in [3.05, 3.63) is 99.0 Å². The van der Waals surface area contributed by atoms with Crippen molar-refractivity contribution >= 4 is 63.3 Å². The summed E-state index contributed by atoms with van der Waals surface area (Å²) in [6.07, 6.45) is 3.89. The van der Waals surface area contributed by atoms with Crippen molar-refractivity contribution in [2.75, 3.05) is 56.0 Å². The van der Waals surface area contributed by atoms with Gasteiger partial charge in [-0.25, -0.2) is 4.85 Å². The number of imide groups is 2. The van der Waals surface area contributed by atoms with E-state index in [0.29, 0.717) is 55.5 Å². The van der Waals surface area contributed by atoms with Gasteiger partial charge in [0.25, 0.3) is 11.8 Å². The van der Waals surface area contributed by atoms with Crippen molar-refractivity contribution in [3.8, 4) is 0 Å². The maximum atomic E-state index is 14.1. The van der Waals surface area contributed by atoms with Crippen LogP contribution in [-0.2, 0) is 26.2 Å². The minimum absolute atomic E-state index is 0.0356. The SMILES string of the molecule is [C-]#[N+]c1ccc2c3c([nH]c2c1)C(C)(C)c1cc(N2CCC(N4CCN(C(=O)CCCNc5cccc6c5C(=O)N(C5CCC(=O)NC5=O)C6=O)CC4)CC2)c(CC)cc1C3=O. The van der Waals surface area contributed by atoms with Gasteiger partial charge in [0.1, 0.15) is 6.04 Å². The number of benzene rings is 3. The molecule has 3 fully saturated rings. The number of carbonyl (C=O) groups is 6. The number of amides is 5. The van der Waals surface area contributed by atoms with Gasteiger partial charge in [-0.05, 0) is 73.6 Å². The van der Waals surface area contributed by atoms with E-state index in [1.54, 1.807) is 24.3 Å². The van der Waals surface area contributed by atoms with E-state index in [9.17, 15) is 28.8 Å². The number of aromatic nitrogens is 1. The number of ketones is 1. The molecule has 0 bridgehead atoms. The van der Waals surface area contributed by atoms with Gasteiger partial charge in [0.05, 0.1) is 23.3 Å². The molecule has 4 aliphatic heterocycles. The Balaban J connectivity index is 0.771. The highest BCUT2D eigenvalue weighted by Crippen LogP contribution is 2.46. The number of H-pyrrole nitrogens is 1. The minimum atomic E-state index is -1.03. The first kappa shape index (κ1) is 40.1. The van der Waals surface area contributed by atoms with Crippen molar-refractivity contribution in [2.24, 2.45) is 0 Å². The molecule has 1 unspecified atom stereocenters. The molecule has 61 heavy (non-hydrogen) atoms. The van der Waals surface area contributed by atoms with Gasteiger partial charge >= 0.3 is 0 Å². The van der Waals surface area contributed by atoms with Crippen LogP contribution in [0.3, 0.4) is 0 Å². The van der Waals surface area contributed by atoms with Crippen LogP contribution >= 0.6 is 0 Å². The van der Waals surface area contributed by atoms with E-state index in [1.165, 1.54) is 11.3 Å². The van der Waals surface area contributed by atoms with Gasteiger partial charge in [0.2, 0.25) is 17.7 Å². The van der Waals surface area contributed by atoms with Crippen LogP contribution in [0.2, 0.25) is 0 Å². The molecule has 0 saturated carbocycles. The van der Waals surface area contributed by atoms with Gasteiger partial charge in [0.15, 0.2) is 11.5 Å². The lowest BCUT2D eigenvalue weighted by molar-refractivity contribution is -0.136. The van der Waals surface area contributed by atoms with Crippen LogP contribution < -0.4 is 15.5 Å². The highest BCUT2D eigenvalue weighted by atomic mass is 16.2. The van der Waals surface area contributed by atoms with E-state index < -0.39 is 35.1 Å². The average molecular weight is 823 g/mol. The number of aryl methyl sites for hydroxylation is 1. The fraction of sp³-hybridized carbons (Fsp3) is 0.426. The number of nitrogens with zero attached hydrogens (tertiary/aromatic N) is 5. The molecule has 4 aromatic rings. The number of piperidine rings is 2. The van der Waals surface area contributed by atoms with E-state index in [4.69, 9.17) is 6.57 Å². The molecule has 5 aliphatic rings. The second kappa shape index (κ2) is 15.6. The quantitative estimate of drug-likeness (QED) is 0.112. The predicted molar refractivity (Wildman–Crippen MR) is 230 cm³/mol. The van der Waals surface area contributed by atoms with Crippen molar-refractivity contribution in [2.45, 2.75) is 83.2 Å². The Kier molecular flexibility index (Phi) is 10.3. The summed E-state index contributed by atoms with van der Waals surface area (Å²) >= 11 is 0. The Morgan fingerprint density at radius 3 is 2.39 bits per heavy atom. The molecule has 314 valence electrons. The van der Waals surface area contributed by atoms with Gasteiger partial charge in [-0.1, -0.05) is 39.0 Å². The molecule has 1 aromatic heterocycles. The molecule has 1 atom stereocenters. The van der Waals surface area contributed by atoms with Gasteiger partial charge < -0.3 is 20.1 Å². The minimum Gasteiger partial charge on any atom is -0.384 e. The number of piperazine rings is 1. The molecule has 0 spiro atoms. The molecular weight excluding hydrogens is 773 g/mol. The molecule has 1 aliphatic carbocycles. The molecule has 5 heterocycles. The van der Waals surface area contributed by atoms with Gasteiger partial charge in [0, 0.05) is 104 Å². The smallest absolute Gasteiger partial charge is 0.264 e. The first-order valence-electron chi connectivity index (χ1n) is 21.5. The first-order chi connectivity index (χ1) is 29.4. The third-order valence-corrected chi connectivity index (χ3v) is 13.6.